The Bertz CT molecular complexity index is 694. The van der Waals surface area contributed by atoms with Crippen LogP contribution in [0, 0.1) is 5.82 Å². The molecular weight excluding hydrogens is 289 g/mol. The average molecular weight is 304 g/mol. The van der Waals surface area contributed by atoms with E-state index in [0.29, 0.717) is 17.4 Å². The van der Waals surface area contributed by atoms with Gasteiger partial charge in [-0.3, -0.25) is 0 Å². The third-order valence-corrected chi connectivity index (χ3v) is 4.42. The van der Waals surface area contributed by atoms with Gasteiger partial charge in [-0.1, -0.05) is 19.8 Å². The molecule has 0 N–H and O–H groups in total. The SMILES string of the molecule is CCCCCn1cc(S(=O)(=O)Cl)c2cc(F)ccc21. The lowest BCUT2D eigenvalue weighted by molar-refractivity contribution is 0.603. The van der Waals surface area contributed by atoms with Crippen LogP contribution in [0.15, 0.2) is 29.3 Å². The Morgan fingerprint density at radius 3 is 2.68 bits per heavy atom. The maximum Gasteiger partial charge on any atom is 0.263 e. The third kappa shape index (κ3) is 3.09. The number of hydrogen-bond donors (Lipinski definition) is 0. The standard InChI is InChI=1S/C13H15ClFNO2S/c1-2-3-4-7-16-9-13(19(14,17)18)11-8-10(15)5-6-12(11)16/h5-6,8-9H,2-4,7H2,1H3. The summed E-state index contributed by atoms with van der Waals surface area (Å²) in [7, 11) is 1.53. The molecule has 0 aliphatic heterocycles. The Morgan fingerprint density at radius 2 is 2.05 bits per heavy atom. The zero-order chi connectivity index (χ0) is 14.0. The van der Waals surface area contributed by atoms with Gasteiger partial charge in [0.05, 0.1) is 0 Å². The number of halogens is 2. The van der Waals surface area contributed by atoms with Gasteiger partial charge in [0.2, 0.25) is 0 Å². The molecule has 0 amide bonds. The Labute approximate surface area is 116 Å². The molecule has 0 fully saturated rings. The number of rotatable bonds is 5. The summed E-state index contributed by atoms with van der Waals surface area (Å²) in [5.41, 5.74) is 0.691. The number of fused-ring (bicyclic) bond motifs is 1. The van der Waals surface area contributed by atoms with Crippen molar-refractivity contribution >= 4 is 30.6 Å². The van der Waals surface area contributed by atoms with Gasteiger partial charge in [-0.05, 0) is 24.6 Å². The molecule has 0 atom stereocenters. The molecule has 104 valence electrons. The Hall–Kier alpha value is -1.07. The first-order chi connectivity index (χ1) is 8.93. The number of aromatic nitrogens is 1. The highest BCUT2D eigenvalue weighted by molar-refractivity contribution is 8.14. The van der Waals surface area contributed by atoms with Crippen LogP contribution in [0.25, 0.3) is 10.9 Å². The number of unbranched alkanes of at least 4 members (excludes halogenated alkanes) is 2. The second-order valence-corrected chi connectivity index (χ2v) is 7.03. The van der Waals surface area contributed by atoms with E-state index in [9.17, 15) is 12.8 Å². The van der Waals surface area contributed by atoms with Gasteiger partial charge < -0.3 is 4.57 Å². The van der Waals surface area contributed by atoms with Crippen molar-refractivity contribution in [1.82, 2.24) is 4.57 Å². The molecule has 1 aromatic carbocycles. The highest BCUT2D eigenvalue weighted by Crippen LogP contribution is 2.29. The van der Waals surface area contributed by atoms with Crippen molar-refractivity contribution in [3.63, 3.8) is 0 Å². The van der Waals surface area contributed by atoms with E-state index in [-0.39, 0.29) is 4.90 Å². The maximum absolute atomic E-state index is 13.3. The molecule has 0 saturated heterocycles. The van der Waals surface area contributed by atoms with Gasteiger partial charge in [0.15, 0.2) is 0 Å². The maximum atomic E-state index is 13.3. The van der Waals surface area contributed by atoms with E-state index in [2.05, 4.69) is 6.92 Å². The van der Waals surface area contributed by atoms with Crippen LogP contribution in [0.2, 0.25) is 0 Å². The molecule has 6 heteroatoms. The predicted molar refractivity (Wildman–Crippen MR) is 74.5 cm³/mol. The van der Waals surface area contributed by atoms with Crippen molar-refractivity contribution in [2.45, 2.75) is 37.6 Å². The molecule has 0 spiro atoms. The van der Waals surface area contributed by atoms with Gasteiger partial charge in [0.1, 0.15) is 10.7 Å². The largest absolute Gasteiger partial charge is 0.346 e. The van der Waals surface area contributed by atoms with Gasteiger partial charge in [0.25, 0.3) is 9.05 Å². The van der Waals surface area contributed by atoms with E-state index >= 15 is 0 Å². The summed E-state index contributed by atoms with van der Waals surface area (Å²) in [5, 5.41) is 0.339. The second-order valence-electron chi connectivity index (χ2n) is 4.49. The fourth-order valence-corrected chi connectivity index (χ4v) is 3.20. The molecule has 0 bridgehead atoms. The fourth-order valence-electron chi connectivity index (χ4n) is 2.15. The third-order valence-electron chi connectivity index (χ3n) is 3.07. The Morgan fingerprint density at radius 1 is 1.32 bits per heavy atom. The molecule has 0 aliphatic rings. The minimum atomic E-state index is -3.87. The van der Waals surface area contributed by atoms with Crippen molar-refractivity contribution in [2.24, 2.45) is 0 Å². The van der Waals surface area contributed by atoms with Crippen LogP contribution in [0.4, 0.5) is 4.39 Å². The molecule has 0 aliphatic carbocycles. The van der Waals surface area contributed by atoms with E-state index in [1.165, 1.54) is 18.3 Å². The van der Waals surface area contributed by atoms with Crippen LogP contribution in [-0.4, -0.2) is 13.0 Å². The molecule has 1 aromatic heterocycles. The van der Waals surface area contributed by atoms with Crippen molar-refractivity contribution in [2.75, 3.05) is 0 Å². The fraction of sp³-hybridized carbons (Fsp3) is 0.385. The number of hydrogen-bond acceptors (Lipinski definition) is 2. The molecule has 0 unspecified atom stereocenters. The second kappa shape index (κ2) is 5.51. The van der Waals surface area contributed by atoms with E-state index in [0.717, 1.165) is 19.3 Å². The van der Waals surface area contributed by atoms with Crippen molar-refractivity contribution in [3.8, 4) is 0 Å². The van der Waals surface area contributed by atoms with Gasteiger partial charge in [-0.25, -0.2) is 12.8 Å². The van der Waals surface area contributed by atoms with Crippen LogP contribution in [0.5, 0.6) is 0 Å². The lowest BCUT2D eigenvalue weighted by Crippen LogP contribution is -1.96. The zero-order valence-electron chi connectivity index (χ0n) is 10.6. The van der Waals surface area contributed by atoms with Crippen LogP contribution in [0.3, 0.4) is 0 Å². The molecule has 0 radical (unpaired) electrons. The van der Waals surface area contributed by atoms with E-state index in [4.69, 9.17) is 10.7 Å². The molecule has 19 heavy (non-hydrogen) atoms. The van der Waals surface area contributed by atoms with Crippen molar-refractivity contribution in [1.29, 1.82) is 0 Å². The molecular formula is C13H15ClFNO2S. The molecule has 1 heterocycles. The monoisotopic (exact) mass is 303 g/mol. The minimum Gasteiger partial charge on any atom is -0.346 e. The molecule has 3 nitrogen and oxygen atoms in total. The smallest absolute Gasteiger partial charge is 0.263 e. The minimum absolute atomic E-state index is 0.0276. The average Bonchev–Trinajstić information content (AvgIpc) is 2.67. The topological polar surface area (TPSA) is 39.1 Å². The summed E-state index contributed by atoms with van der Waals surface area (Å²) < 4.78 is 38.2. The highest BCUT2D eigenvalue weighted by atomic mass is 35.7. The van der Waals surface area contributed by atoms with Crippen LogP contribution < -0.4 is 0 Å². The lowest BCUT2D eigenvalue weighted by atomic mass is 10.2. The van der Waals surface area contributed by atoms with Crippen LogP contribution in [0.1, 0.15) is 26.2 Å². The van der Waals surface area contributed by atoms with Gasteiger partial charge >= 0.3 is 0 Å². The first-order valence-electron chi connectivity index (χ1n) is 6.16. The number of nitrogens with zero attached hydrogens (tertiary/aromatic N) is 1. The van der Waals surface area contributed by atoms with Crippen molar-refractivity contribution < 1.29 is 12.8 Å². The van der Waals surface area contributed by atoms with E-state index < -0.39 is 14.9 Å². The van der Waals surface area contributed by atoms with E-state index in [1.807, 2.05) is 4.57 Å². The highest BCUT2D eigenvalue weighted by Gasteiger charge is 2.19. The molecule has 2 aromatic rings. The molecule has 2 rings (SSSR count). The number of benzene rings is 1. The lowest BCUT2D eigenvalue weighted by Gasteiger charge is -2.04. The Balaban J connectivity index is 2.54. The summed E-state index contributed by atoms with van der Waals surface area (Å²) in [5.74, 6) is -0.472. The van der Waals surface area contributed by atoms with Gasteiger partial charge in [-0.15, -0.1) is 0 Å². The van der Waals surface area contributed by atoms with Crippen molar-refractivity contribution in [3.05, 3.63) is 30.2 Å². The summed E-state index contributed by atoms with van der Waals surface area (Å²) in [6.45, 7) is 2.79. The van der Waals surface area contributed by atoms with Crippen LogP contribution >= 0.6 is 10.7 Å². The van der Waals surface area contributed by atoms with Gasteiger partial charge in [0, 0.05) is 34.3 Å². The van der Waals surface area contributed by atoms with Crippen LogP contribution in [-0.2, 0) is 15.6 Å². The Kier molecular flexibility index (Phi) is 4.16. The van der Waals surface area contributed by atoms with Gasteiger partial charge in [-0.2, -0.15) is 0 Å². The predicted octanol–water partition coefficient (Wildman–Crippen LogP) is 3.90. The molecule has 0 saturated carbocycles. The summed E-state index contributed by atoms with van der Waals surface area (Å²) in [6.07, 6.45) is 4.57. The first kappa shape index (κ1) is 14.3. The quantitative estimate of drug-likeness (QED) is 0.621. The van der Waals surface area contributed by atoms with E-state index in [1.54, 1.807) is 6.07 Å². The summed E-state index contributed by atoms with van der Waals surface area (Å²) in [4.78, 5) is -0.0276. The number of aryl methyl sites for hydroxylation is 1. The zero-order valence-corrected chi connectivity index (χ0v) is 12.1. The summed E-state index contributed by atoms with van der Waals surface area (Å²) >= 11 is 0. The summed E-state index contributed by atoms with van der Waals surface area (Å²) in [6, 6.07) is 4.12. The first-order valence-corrected chi connectivity index (χ1v) is 8.47. The normalized spacial score (nSPS) is 12.2.